The second-order valence-electron chi connectivity index (χ2n) is 4.76. The number of hydrogen-bond acceptors (Lipinski definition) is 2. The molecule has 0 saturated carbocycles. The molecule has 1 aromatic rings. The van der Waals surface area contributed by atoms with E-state index in [1.54, 1.807) is 23.1 Å². The minimum absolute atomic E-state index is 0.0701. The summed E-state index contributed by atoms with van der Waals surface area (Å²) in [5.74, 6) is -0.0701. The molecule has 0 unspecified atom stereocenters. The maximum Gasteiger partial charge on any atom is 0.255 e. The summed E-state index contributed by atoms with van der Waals surface area (Å²) >= 11 is 9.17. The molecule has 1 heterocycles. The van der Waals surface area contributed by atoms with E-state index in [4.69, 9.17) is 11.6 Å². The fourth-order valence-electron chi connectivity index (χ4n) is 2.26. The fourth-order valence-corrected chi connectivity index (χ4v) is 3.12. The number of carbonyl (C=O) groups is 1. The molecule has 1 amide bonds. The molecule has 1 saturated heterocycles. The maximum atomic E-state index is 12.2. The summed E-state index contributed by atoms with van der Waals surface area (Å²) in [5.41, 5.74) is -0.110. The minimum atomic E-state index is -0.691. The van der Waals surface area contributed by atoms with Gasteiger partial charge >= 0.3 is 0 Å². The Hall–Kier alpha value is -0.580. The number of benzene rings is 1. The van der Waals surface area contributed by atoms with Crippen molar-refractivity contribution in [1.29, 1.82) is 0 Å². The Kier molecular flexibility index (Phi) is 3.99. The van der Waals surface area contributed by atoms with Gasteiger partial charge in [-0.1, -0.05) is 24.9 Å². The lowest BCUT2D eigenvalue weighted by Crippen LogP contribution is -2.63. The quantitative estimate of drug-likeness (QED) is 0.924. The van der Waals surface area contributed by atoms with Crippen molar-refractivity contribution >= 4 is 33.4 Å². The van der Waals surface area contributed by atoms with E-state index in [-0.39, 0.29) is 5.91 Å². The predicted octanol–water partition coefficient (Wildman–Crippen LogP) is 3.09. The van der Waals surface area contributed by atoms with E-state index < -0.39 is 5.60 Å². The van der Waals surface area contributed by atoms with E-state index in [0.717, 1.165) is 12.8 Å². The van der Waals surface area contributed by atoms with Gasteiger partial charge in [0.2, 0.25) is 0 Å². The second kappa shape index (κ2) is 5.19. The van der Waals surface area contributed by atoms with Crippen molar-refractivity contribution in [2.45, 2.75) is 25.4 Å². The molecule has 98 valence electrons. The number of halogens is 2. The van der Waals surface area contributed by atoms with E-state index in [2.05, 4.69) is 15.9 Å². The van der Waals surface area contributed by atoms with Crippen LogP contribution in [0.3, 0.4) is 0 Å². The van der Waals surface area contributed by atoms with Gasteiger partial charge in [0, 0.05) is 9.50 Å². The van der Waals surface area contributed by atoms with Crippen molar-refractivity contribution in [3.8, 4) is 0 Å². The van der Waals surface area contributed by atoms with Crippen molar-refractivity contribution in [2.24, 2.45) is 0 Å². The maximum absolute atomic E-state index is 12.2. The first-order valence-corrected chi connectivity index (χ1v) is 7.09. The molecule has 0 aliphatic carbocycles. The van der Waals surface area contributed by atoms with Crippen molar-refractivity contribution in [3.63, 3.8) is 0 Å². The molecule has 1 aliphatic rings. The normalized spacial score (nSPS) is 17.4. The smallest absolute Gasteiger partial charge is 0.255 e. The number of hydrogen-bond donors (Lipinski definition) is 1. The predicted molar refractivity (Wildman–Crippen MR) is 74.9 cm³/mol. The van der Waals surface area contributed by atoms with Crippen LogP contribution in [0, 0.1) is 0 Å². The minimum Gasteiger partial charge on any atom is -0.386 e. The Balaban J connectivity index is 2.06. The van der Waals surface area contributed by atoms with E-state index in [0.29, 0.717) is 28.1 Å². The van der Waals surface area contributed by atoms with Gasteiger partial charge in [-0.05, 0) is 40.5 Å². The van der Waals surface area contributed by atoms with Gasteiger partial charge < -0.3 is 10.0 Å². The van der Waals surface area contributed by atoms with Crippen LogP contribution in [0.2, 0.25) is 5.02 Å². The summed E-state index contributed by atoms with van der Waals surface area (Å²) in [4.78, 5) is 13.8. The van der Waals surface area contributed by atoms with Crippen LogP contribution in [0.5, 0.6) is 0 Å². The van der Waals surface area contributed by atoms with Crippen LogP contribution < -0.4 is 0 Å². The first-order chi connectivity index (χ1) is 8.45. The molecule has 0 spiro atoms. The zero-order valence-corrected chi connectivity index (χ0v) is 12.5. The molecule has 0 bridgehead atoms. The number of amides is 1. The van der Waals surface area contributed by atoms with Crippen LogP contribution in [0.4, 0.5) is 0 Å². The van der Waals surface area contributed by atoms with E-state index >= 15 is 0 Å². The van der Waals surface area contributed by atoms with Crippen LogP contribution in [-0.4, -0.2) is 34.6 Å². The van der Waals surface area contributed by atoms with Crippen LogP contribution >= 0.6 is 27.5 Å². The number of carbonyl (C=O) groups excluding carboxylic acids is 1. The highest BCUT2D eigenvalue weighted by atomic mass is 79.9. The van der Waals surface area contributed by atoms with Crippen LogP contribution in [-0.2, 0) is 0 Å². The van der Waals surface area contributed by atoms with Crippen molar-refractivity contribution in [2.75, 3.05) is 13.1 Å². The van der Waals surface area contributed by atoms with Crippen molar-refractivity contribution in [3.05, 3.63) is 33.3 Å². The average molecular weight is 333 g/mol. The summed E-state index contributed by atoms with van der Waals surface area (Å²) in [5, 5.41) is 10.7. The molecular weight excluding hydrogens is 318 g/mol. The number of likely N-dealkylation sites (tertiary alicyclic amines) is 1. The van der Waals surface area contributed by atoms with E-state index in [1.165, 1.54) is 0 Å². The standard InChI is InChI=1S/C13H15BrClNO2/c1-2-5-13(18)7-16(8-13)12(17)10-4-3-9(15)6-11(10)14/h3-4,6,18H,2,5,7-8H2,1H3. The third kappa shape index (κ3) is 2.71. The lowest BCUT2D eigenvalue weighted by atomic mass is 9.89. The molecule has 18 heavy (non-hydrogen) atoms. The number of aliphatic hydroxyl groups is 1. The van der Waals surface area contributed by atoms with Gasteiger partial charge in [-0.15, -0.1) is 0 Å². The van der Waals surface area contributed by atoms with Crippen molar-refractivity contribution < 1.29 is 9.90 Å². The Morgan fingerprint density at radius 3 is 2.78 bits per heavy atom. The highest BCUT2D eigenvalue weighted by molar-refractivity contribution is 9.10. The molecule has 1 fully saturated rings. The SMILES string of the molecule is CCCC1(O)CN(C(=O)c2ccc(Cl)cc2Br)C1. The topological polar surface area (TPSA) is 40.5 Å². The summed E-state index contributed by atoms with van der Waals surface area (Å²) in [6.07, 6.45) is 1.65. The van der Waals surface area contributed by atoms with Gasteiger partial charge in [-0.2, -0.15) is 0 Å². The van der Waals surface area contributed by atoms with Gasteiger partial charge in [-0.3, -0.25) is 4.79 Å². The Morgan fingerprint density at radius 2 is 2.22 bits per heavy atom. The molecule has 3 nitrogen and oxygen atoms in total. The molecule has 2 rings (SSSR count). The highest BCUT2D eigenvalue weighted by Crippen LogP contribution is 2.29. The summed E-state index contributed by atoms with van der Waals surface area (Å²) in [6, 6.07) is 5.09. The second-order valence-corrected chi connectivity index (χ2v) is 6.05. The molecule has 1 aliphatic heterocycles. The lowest BCUT2D eigenvalue weighted by Gasteiger charge is -2.46. The molecule has 5 heteroatoms. The molecule has 0 aromatic heterocycles. The largest absolute Gasteiger partial charge is 0.386 e. The number of β-amino-alcohol motifs (C(OH)–C–C–N with tert-alkyl or cyclic N) is 1. The Bertz CT molecular complexity index is 472. The first kappa shape index (κ1) is 13.8. The Morgan fingerprint density at radius 1 is 1.56 bits per heavy atom. The third-order valence-electron chi connectivity index (χ3n) is 3.13. The Labute approximate surface area is 120 Å². The monoisotopic (exact) mass is 331 g/mol. The summed E-state index contributed by atoms with van der Waals surface area (Å²) in [6.45, 7) is 2.85. The highest BCUT2D eigenvalue weighted by Gasteiger charge is 2.43. The van der Waals surface area contributed by atoms with Gasteiger partial charge in [-0.25, -0.2) is 0 Å². The fraction of sp³-hybridized carbons (Fsp3) is 0.462. The zero-order valence-electron chi connectivity index (χ0n) is 10.1. The van der Waals surface area contributed by atoms with Gasteiger partial charge in [0.05, 0.1) is 24.3 Å². The van der Waals surface area contributed by atoms with E-state index in [1.807, 2.05) is 6.92 Å². The van der Waals surface area contributed by atoms with Crippen LogP contribution in [0.1, 0.15) is 30.1 Å². The summed E-state index contributed by atoms with van der Waals surface area (Å²) in [7, 11) is 0. The number of rotatable bonds is 3. The molecule has 1 aromatic carbocycles. The van der Waals surface area contributed by atoms with Crippen LogP contribution in [0.15, 0.2) is 22.7 Å². The van der Waals surface area contributed by atoms with Crippen molar-refractivity contribution in [1.82, 2.24) is 4.90 Å². The van der Waals surface area contributed by atoms with Crippen LogP contribution in [0.25, 0.3) is 0 Å². The van der Waals surface area contributed by atoms with Gasteiger partial charge in [0.1, 0.15) is 0 Å². The molecule has 0 radical (unpaired) electrons. The zero-order chi connectivity index (χ0) is 13.3. The average Bonchev–Trinajstić information content (AvgIpc) is 2.25. The molecule has 0 atom stereocenters. The van der Waals surface area contributed by atoms with Gasteiger partial charge in [0.15, 0.2) is 0 Å². The van der Waals surface area contributed by atoms with E-state index in [9.17, 15) is 9.90 Å². The third-order valence-corrected chi connectivity index (χ3v) is 4.03. The molecular formula is C13H15BrClNO2. The summed E-state index contributed by atoms with van der Waals surface area (Å²) < 4.78 is 0.686. The first-order valence-electron chi connectivity index (χ1n) is 5.92. The number of nitrogens with zero attached hydrogens (tertiary/aromatic N) is 1. The van der Waals surface area contributed by atoms with Gasteiger partial charge in [0.25, 0.3) is 5.91 Å². The molecule has 1 N–H and O–H groups in total. The lowest BCUT2D eigenvalue weighted by molar-refractivity contribution is -0.0860.